The Morgan fingerprint density at radius 2 is 2.43 bits per heavy atom. The monoisotopic (exact) mass is 201 g/mol. The molecule has 1 amide bonds. The van der Waals surface area contributed by atoms with Crippen molar-refractivity contribution in [3.8, 4) is 0 Å². The van der Waals surface area contributed by atoms with Gasteiger partial charge in [0, 0.05) is 26.3 Å². The third-order valence-electron chi connectivity index (χ3n) is 2.48. The largest absolute Gasteiger partial charge is 0.396 e. The third kappa shape index (κ3) is 2.96. The Hall–Kier alpha value is -0.610. The van der Waals surface area contributed by atoms with Crippen molar-refractivity contribution < 1.29 is 14.6 Å². The predicted molar refractivity (Wildman–Crippen MR) is 52.9 cm³/mol. The fourth-order valence-corrected chi connectivity index (χ4v) is 1.66. The number of nitrogens with zero attached hydrogens (tertiary/aromatic N) is 1. The van der Waals surface area contributed by atoms with E-state index in [0.717, 1.165) is 12.8 Å². The Bertz CT molecular complexity index is 178. The van der Waals surface area contributed by atoms with Gasteiger partial charge in [0.15, 0.2) is 0 Å². The molecule has 0 unspecified atom stereocenters. The molecule has 0 aromatic carbocycles. The molecule has 1 fully saturated rings. The number of ether oxygens (including phenoxy) is 1. The Balaban J connectivity index is 2.37. The van der Waals surface area contributed by atoms with Crippen molar-refractivity contribution in [2.75, 3.05) is 26.3 Å². The van der Waals surface area contributed by atoms with Gasteiger partial charge in [0.05, 0.1) is 0 Å². The van der Waals surface area contributed by atoms with Gasteiger partial charge in [-0.05, 0) is 26.2 Å². The van der Waals surface area contributed by atoms with Gasteiger partial charge >= 0.3 is 0 Å². The molecule has 0 bridgehead atoms. The Kier molecular flexibility index (Phi) is 4.90. The summed E-state index contributed by atoms with van der Waals surface area (Å²) in [5.74, 6) is 0.0819. The molecule has 0 radical (unpaired) electrons. The molecule has 14 heavy (non-hydrogen) atoms. The number of amides is 1. The van der Waals surface area contributed by atoms with E-state index < -0.39 is 0 Å². The minimum Gasteiger partial charge on any atom is -0.396 e. The van der Waals surface area contributed by atoms with Crippen LogP contribution in [0.25, 0.3) is 0 Å². The van der Waals surface area contributed by atoms with Crippen LogP contribution in [0.2, 0.25) is 0 Å². The van der Waals surface area contributed by atoms with Crippen LogP contribution in [0.1, 0.15) is 26.2 Å². The lowest BCUT2D eigenvalue weighted by Crippen LogP contribution is -2.39. The summed E-state index contributed by atoms with van der Waals surface area (Å²) in [7, 11) is 0. The number of likely N-dealkylation sites (N-methyl/N-ethyl adjacent to an activating group) is 1. The summed E-state index contributed by atoms with van der Waals surface area (Å²) in [5, 5.41) is 8.69. The normalized spacial score (nSPS) is 21.1. The molecular weight excluding hydrogens is 182 g/mol. The number of carbonyl (C=O) groups excluding carboxylic acids is 1. The minimum atomic E-state index is -0.228. The highest BCUT2D eigenvalue weighted by Crippen LogP contribution is 2.14. The van der Waals surface area contributed by atoms with Gasteiger partial charge in [-0.3, -0.25) is 4.79 Å². The van der Waals surface area contributed by atoms with Gasteiger partial charge in [0.25, 0.3) is 5.91 Å². The van der Waals surface area contributed by atoms with Gasteiger partial charge in [-0.2, -0.15) is 0 Å². The van der Waals surface area contributed by atoms with E-state index in [1.54, 1.807) is 4.90 Å². The lowest BCUT2D eigenvalue weighted by molar-refractivity contribution is -0.140. The average Bonchev–Trinajstić information content (AvgIpc) is 2.71. The van der Waals surface area contributed by atoms with Crippen LogP contribution < -0.4 is 0 Å². The molecule has 82 valence electrons. The van der Waals surface area contributed by atoms with Crippen LogP contribution in [0.15, 0.2) is 0 Å². The average molecular weight is 201 g/mol. The molecule has 1 aliphatic rings. The van der Waals surface area contributed by atoms with E-state index in [1.165, 1.54) is 0 Å². The maximum absolute atomic E-state index is 11.8. The summed E-state index contributed by atoms with van der Waals surface area (Å²) < 4.78 is 5.32. The molecule has 1 atom stereocenters. The fourth-order valence-electron chi connectivity index (χ4n) is 1.66. The first kappa shape index (κ1) is 11.5. The molecule has 1 rings (SSSR count). The number of rotatable bonds is 5. The van der Waals surface area contributed by atoms with Crippen molar-refractivity contribution in [1.82, 2.24) is 4.90 Å². The van der Waals surface area contributed by atoms with Crippen molar-refractivity contribution in [2.45, 2.75) is 32.3 Å². The summed E-state index contributed by atoms with van der Waals surface area (Å²) in [4.78, 5) is 13.6. The highest BCUT2D eigenvalue weighted by molar-refractivity contribution is 5.81. The van der Waals surface area contributed by atoms with Crippen molar-refractivity contribution in [2.24, 2.45) is 0 Å². The van der Waals surface area contributed by atoms with Gasteiger partial charge in [0.2, 0.25) is 0 Å². The van der Waals surface area contributed by atoms with E-state index in [2.05, 4.69) is 0 Å². The van der Waals surface area contributed by atoms with Crippen LogP contribution in [-0.2, 0) is 9.53 Å². The highest BCUT2D eigenvalue weighted by Gasteiger charge is 2.26. The Morgan fingerprint density at radius 3 is 2.93 bits per heavy atom. The van der Waals surface area contributed by atoms with Crippen LogP contribution in [0.5, 0.6) is 0 Å². The summed E-state index contributed by atoms with van der Waals surface area (Å²) in [6.07, 6.45) is 2.24. The molecule has 0 aromatic heterocycles. The molecule has 4 heteroatoms. The Morgan fingerprint density at radius 1 is 1.64 bits per heavy atom. The maximum Gasteiger partial charge on any atom is 0.251 e. The maximum atomic E-state index is 11.8. The molecule has 4 nitrogen and oxygen atoms in total. The van der Waals surface area contributed by atoms with E-state index in [4.69, 9.17) is 9.84 Å². The van der Waals surface area contributed by atoms with Gasteiger partial charge in [-0.15, -0.1) is 0 Å². The van der Waals surface area contributed by atoms with Crippen LogP contribution in [0, 0.1) is 0 Å². The lowest BCUT2D eigenvalue weighted by atomic mass is 10.2. The molecule has 1 heterocycles. The molecule has 1 aliphatic heterocycles. The summed E-state index contributed by atoms with van der Waals surface area (Å²) in [6.45, 7) is 4.11. The second-order valence-electron chi connectivity index (χ2n) is 3.50. The zero-order valence-corrected chi connectivity index (χ0v) is 8.74. The summed E-state index contributed by atoms with van der Waals surface area (Å²) >= 11 is 0. The van der Waals surface area contributed by atoms with E-state index in [1.807, 2.05) is 6.92 Å². The number of aliphatic hydroxyl groups excluding tert-OH is 1. The lowest BCUT2D eigenvalue weighted by Gasteiger charge is -2.23. The van der Waals surface area contributed by atoms with Crippen molar-refractivity contribution in [3.63, 3.8) is 0 Å². The first-order valence-corrected chi connectivity index (χ1v) is 5.30. The highest BCUT2D eigenvalue weighted by atomic mass is 16.5. The zero-order chi connectivity index (χ0) is 10.4. The quantitative estimate of drug-likeness (QED) is 0.700. The fraction of sp³-hybridized carbons (Fsp3) is 0.900. The zero-order valence-electron chi connectivity index (χ0n) is 8.74. The molecule has 0 spiro atoms. The number of aliphatic hydroxyl groups is 1. The SMILES string of the molecule is CCN(CCCO)C(=O)[C@H]1CCCO1. The second-order valence-corrected chi connectivity index (χ2v) is 3.50. The van der Waals surface area contributed by atoms with E-state index >= 15 is 0 Å². The second kappa shape index (κ2) is 5.98. The van der Waals surface area contributed by atoms with Gasteiger partial charge < -0.3 is 14.7 Å². The van der Waals surface area contributed by atoms with Crippen LogP contribution in [-0.4, -0.2) is 48.3 Å². The van der Waals surface area contributed by atoms with E-state index in [-0.39, 0.29) is 18.6 Å². The molecule has 1 saturated heterocycles. The molecule has 0 saturated carbocycles. The van der Waals surface area contributed by atoms with Gasteiger partial charge in [-0.1, -0.05) is 0 Å². The van der Waals surface area contributed by atoms with Crippen molar-refractivity contribution >= 4 is 5.91 Å². The first-order chi connectivity index (χ1) is 6.79. The number of hydrogen-bond donors (Lipinski definition) is 1. The number of carbonyl (C=O) groups is 1. The molecule has 1 N–H and O–H groups in total. The van der Waals surface area contributed by atoms with Gasteiger partial charge in [-0.25, -0.2) is 0 Å². The van der Waals surface area contributed by atoms with Gasteiger partial charge in [0.1, 0.15) is 6.10 Å². The van der Waals surface area contributed by atoms with E-state index in [0.29, 0.717) is 26.1 Å². The Labute approximate surface area is 84.8 Å². The predicted octanol–water partition coefficient (Wildman–Crippen LogP) is 0.396. The third-order valence-corrected chi connectivity index (χ3v) is 2.48. The number of hydrogen-bond acceptors (Lipinski definition) is 3. The first-order valence-electron chi connectivity index (χ1n) is 5.30. The summed E-state index contributed by atoms with van der Waals surface area (Å²) in [6, 6.07) is 0. The molecule has 0 aromatic rings. The summed E-state index contributed by atoms with van der Waals surface area (Å²) in [5.41, 5.74) is 0. The van der Waals surface area contributed by atoms with Crippen LogP contribution in [0.3, 0.4) is 0 Å². The topological polar surface area (TPSA) is 49.8 Å². The standard InChI is InChI=1S/C10H19NO3/c1-2-11(6-4-7-12)10(13)9-5-3-8-14-9/h9,12H,2-8H2,1H3/t9-/m1/s1. The van der Waals surface area contributed by atoms with Crippen LogP contribution >= 0.6 is 0 Å². The molecular formula is C10H19NO3. The van der Waals surface area contributed by atoms with Crippen LogP contribution in [0.4, 0.5) is 0 Å². The smallest absolute Gasteiger partial charge is 0.251 e. The van der Waals surface area contributed by atoms with Crippen molar-refractivity contribution in [1.29, 1.82) is 0 Å². The van der Waals surface area contributed by atoms with Crippen molar-refractivity contribution in [3.05, 3.63) is 0 Å². The minimum absolute atomic E-state index is 0.0819. The molecule has 0 aliphatic carbocycles. The van der Waals surface area contributed by atoms with E-state index in [9.17, 15) is 4.79 Å².